The standard InChI is InChI=1S/C57H55N3OSi/c1-36-33-49-42-22-13-12-21-41(42)43-31-29-39-30-32-45-44-23-14-17-28-51(44)61-55(45)53(39)56-59(37(2)34-50(43)58(49)35-52(36)62(6,7)8)47-26-15-16-27-48(47)60(56)54-40(38-19-10-9-11-20-38)24-18-25-46(54)57(3,4)5/h9-28,30,32-33,35,43,50H,2,29,31,34H2,1,3-8H3/q+2. The van der Waals surface area contributed by atoms with Gasteiger partial charge in [-0.05, 0) is 71.7 Å². The smallest absolute Gasteiger partial charge is 0.304 e. The molecule has 0 N–H and O–H groups in total. The minimum atomic E-state index is -1.68. The normalized spacial score (nSPS) is 16.5. The SMILES string of the molecule is C=C1CC2C(CCc3ccc4c(oc5ccccc54)c3-c3n1c1ccccc1[n+]3-c1c(-c3ccccc3)cccc1C(C)(C)C)c1ccccc1-c1cc(C)c([Si](C)(C)C)c[n+]12. The van der Waals surface area contributed by atoms with Gasteiger partial charge in [0.05, 0.1) is 14.5 Å². The summed E-state index contributed by atoms with van der Waals surface area (Å²) in [5.74, 6) is 1.37. The van der Waals surface area contributed by atoms with Gasteiger partial charge in [-0.15, -0.1) is 0 Å². The predicted molar refractivity (Wildman–Crippen MR) is 260 cm³/mol. The van der Waals surface area contributed by atoms with Crippen LogP contribution in [-0.4, -0.2) is 12.6 Å². The van der Waals surface area contributed by atoms with E-state index in [-0.39, 0.29) is 17.4 Å². The number of aryl methyl sites for hydroxylation is 2. The van der Waals surface area contributed by atoms with Gasteiger partial charge < -0.3 is 4.42 Å². The van der Waals surface area contributed by atoms with Crippen LogP contribution in [0.2, 0.25) is 19.6 Å². The molecule has 0 bridgehead atoms. The van der Waals surface area contributed by atoms with Crippen LogP contribution in [0.1, 0.15) is 67.8 Å². The van der Waals surface area contributed by atoms with Crippen LogP contribution in [0, 0.1) is 6.92 Å². The largest absolute Gasteiger partial charge is 0.455 e. The molecule has 0 saturated heterocycles. The predicted octanol–water partition coefficient (Wildman–Crippen LogP) is 13.4. The van der Waals surface area contributed by atoms with E-state index in [2.05, 4.69) is 207 Å². The van der Waals surface area contributed by atoms with Gasteiger partial charge in [-0.3, -0.25) is 0 Å². The third-order valence-electron chi connectivity index (χ3n) is 13.9. The summed E-state index contributed by atoms with van der Waals surface area (Å²) < 4.78 is 14.9. The van der Waals surface area contributed by atoms with Crippen molar-refractivity contribution in [3.05, 3.63) is 175 Å². The van der Waals surface area contributed by atoms with Crippen molar-refractivity contribution >= 4 is 51.9 Å². The summed E-state index contributed by atoms with van der Waals surface area (Å²) in [6.07, 6.45) is 5.22. The Balaban J connectivity index is 1.28. The number of para-hydroxylation sites is 4. The highest BCUT2D eigenvalue weighted by Gasteiger charge is 2.45. The van der Waals surface area contributed by atoms with Gasteiger partial charge in [0.1, 0.15) is 22.5 Å². The second-order valence-electron chi connectivity index (χ2n) is 19.9. The van der Waals surface area contributed by atoms with E-state index >= 15 is 0 Å². The van der Waals surface area contributed by atoms with Gasteiger partial charge >= 0.3 is 5.82 Å². The summed E-state index contributed by atoms with van der Waals surface area (Å²) in [6, 6.07) is 51.9. The van der Waals surface area contributed by atoms with Gasteiger partial charge in [0.2, 0.25) is 5.69 Å². The first-order valence-corrected chi connectivity index (χ1v) is 25.9. The van der Waals surface area contributed by atoms with Crippen LogP contribution < -0.4 is 14.3 Å². The molecular formula is C57H55N3OSi+2. The molecule has 62 heavy (non-hydrogen) atoms. The summed E-state index contributed by atoms with van der Waals surface area (Å²) in [6.45, 7) is 21.9. The molecule has 3 aromatic heterocycles. The van der Waals surface area contributed by atoms with Crippen molar-refractivity contribution in [1.29, 1.82) is 0 Å². The highest BCUT2D eigenvalue weighted by Crippen LogP contribution is 2.48. The molecule has 0 fully saturated rings. The molecule has 0 spiro atoms. The molecule has 0 amide bonds. The molecule has 2 unspecified atom stereocenters. The third-order valence-corrected chi connectivity index (χ3v) is 16.0. The Kier molecular flexibility index (Phi) is 8.79. The minimum absolute atomic E-state index is 0.167. The van der Waals surface area contributed by atoms with Crippen molar-refractivity contribution in [2.45, 2.75) is 84.0 Å². The maximum Gasteiger partial charge on any atom is 0.304 e. The number of imidazole rings is 1. The van der Waals surface area contributed by atoms with Gasteiger partial charge in [-0.2, -0.15) is 13.7 Å². The summed E-state index contributed by atoms with van der Waals surface area (Å²) in [4.78, 5) is 0. The van der Waals surface area contributed by atoms with Crippen molar-refractivity contribution in [2.75, 3.05) is 0 Å². The second kappa shape index (κ2) is 14.1. The average molecular weight is 826 g/mol. The van der Waals surface area contributed by atoms with Gasteiger partial charge in [0.25, 0.3) is 0 Å². The molecule has 5 heterocycles. The number of benzene rings is 6. The Morgan fingerprint density at radius 1 is 0.758 bits per heavy atom. The summed E-state index contributed by atoms with van der Waals surface area (Å²) >= 11 is 0. The lowest BCUT2D eigenvalue weighted by Gasteiger charge is -2.33. The molecule has 2 atom stereocenters. The molecule has 11 rings (SSSR count). The van der Waals surface area contributed by atoms with Crippen LogP contribution in [0.4, 0.5) is 0 Å². The molecule has 2 aliphatic rings. The molecule has 2 aliphatic heterocycles. The lowest BCUT2D eigenvalue weighted by atomic mass is 9.77. The zero-order valence-corrected chi connectivity index (χ0v) is 38.1. The van der Waals surface area contributed by atoms with E-state index in [1.165, 1.54) is 55.5 Å². The van der Waals surface area contributed by atoms with E-state index in [1.54, 1.807) is 0 Å². The number of aromatic nitrogens is 3. The van der Waals surface area contributed by atoms with Crippen molar-refractivity contribution in [3.8, 4) is 39.5 Å². The van der Waals surface area contributed by atoms with Crippen molar-refractivity contribution in [3.63, 3.8) is 0 Å². The highest BCUT2D eigenvalue weighted by atomic mass is 28.3. The molecule has 306 valence electrons. The van der Waals surface area contributed by atoms with Gasteiger partial charge in [0.15, 0.2) is 28.9 Å². The Hall–Kier alpha value is -6.30. The topological polar surface area (TPSA) is 25.8 Å². The van der Waals surface area contributed by atoms with Gasteiger partial charge in [-0.25, -0.2) is 0 Å². The van der Waals surface area contributed by atoms with E-state index < -0.39 is 8.07 Å². The average Bonchev–Trinajstić information content (AvgIpc) is 3.81. The van der Waals surface area contributed by atoms with E-state index in [1.807, 2.05) is 0 Å². The quantitative estimate of drug-likeness (QED) is 0.129. The van der Waals surface area contributed by atoms with Crippen molar-refractivity contribution < 1.29 is 13.6 Å². The summed E-state index contributed by atoms with van der Waals surface area (Å²) in [5, 5.41) is 3.80. The minimum Gasteiger partial charge on any atom is -0.455 e. The maximum atomic E-state index is 7.12. The van der Waals surface area contributed by atoms with Crippen LogP contribution in [0.15, 0.2) is 157 Å². The lowest BCUT2D eigenvalue weighted by molar-refractivity contribution is -0.716. The number of pyridine rings is 1. The molecule has 0 aliphatic carbocycles. The van der Waals surface area contributed by atoms with E-state index in [9.17, 15) is 0 Å². The van der Waals surface area contributed by atoms with Gasteiger partial charge in [-0.1, -0.05) is 156 Å². The Labute approximate surface area is 366 Å². The molecule has 5 heteroatoms. The fourth-order valence-electron chi connectivity index (χ4n) is 11.1. The molecule has 0 radical (unpaired) electrons. The van der Waals surface area contributed by atoms with Crippen LogP contribution in [-0.2, 0) is 11.8 Å². The van der Waals surface area contributed by atoms with Crippen LogP contribution >= 0.6 is 0 Å². The molecular weight excluding hydrogens is 771 g/mol. The van der Waals surface area contributed by atoms with Crippen LogP contribution in [0.3, 0.4) is 0 Å². The zero-order valence-electron chi connectivity index (χ0n) is 37.1. The first-order chi connectivity index (χ1) is 29.9. The number of rotatable bonds is 3. The molecule has 6 aromatic carbocycles. The number of fused-ring (bicyclic) bond motifs is 15. The molecule has 9 aromatic rings. The van der Waals surface area contributed by atoms with Gasteiger partial charge in [0, 0.05) is 44.6 Å². The monoisotopic (exact) mass is 825 g/mol. The fourth-order valence-corrected chi connectivity index (χ4v) is 12.9. The Morgan fingerprint density at radius 3 is 2.29 bits per heavy atom. The van der Waals surface area contributed by atoms with Crippen molar-refractivity contribution in [1.82, 2.24) is 4.57 Å². The lowest BCUT2D eigenvalue weighted by Crippen LogP contribution is -2.53. The first kappa shape index (κ1) is 38.6. The second-order valence-corrected chi connectivity index (χ2v) is 24.9. The number of hydrogen-bond donors (Lipinski definition) is 0. The van der Waals surface area contributed by atoms with Crippen LogP contribution in [0.25, 0.3) is 78.1 Å². The van der Waals surface area contributed by atoms with Crippen molar-refractivity contribution in [2.24, 2.45) is 0 Å². The summed E-state index contributed by atoms with van der Waals surface area (Å²) in [7, 11) is -1.68. The van der Waals surface area contributed by atoms with Crippen LogP contribution in [0.5, 0.6) is 0 Å². The Morgan fingerprint density at radius 2 is 1.48 bits per heavy atom. The number of allylic oxidation sites excluding steroid dienone is 1. The van der Waals surface area contributed by atoms with E-state index in [0.29, 0.717) is 0 Å². The fraction of sp³-hybridized carbons (Fsp3) is 0.228. The Bertz CT molecular complexity index is 3280. The summed E-state index contributed by atoms with van der Waals surface area (Å²) in [5.41, 5.74) is 17.8. The number of nitrogens with zero attached hydrogens (tertiary/aromatic N) is 3. The third kappa shape index (κ3) is 5.92. The number of furan rings is 1. The molecule has 4 nitrogen and oxygen atoms in total. The van der Waals surface area contributed by atoms with E-state index in [0.717, 1.165) is 69.3 Å². The maximum absolute atomic E-state index is 7.12. The first-order valence-electron chi connectivity index (χ1n) is 22.4. The van der Waals surface area contributed by atoms with E-state index in [4.69, 9.17) is 11.0 Å². The molecule has 0 saturated carbocycles. The number of hydrogen-bond acceptors (Lipinski definition) is 1. The zero-order chi connectivity index (χ0) is 42.7. The highest BCUT2D eigenvalue weighted by molar-refractivity contribution is 6.88.